The molecule has 2 saturated carbocycles. The molecule has 0 radical (unpaired) electrons. The normalized spacial score (nSPS) is 28.2. The van der Waals surface area contributed by atoms with Crippen molar-refractivity contribution in [2.24, 2.45) is 11.8 Å². The van der Waals surface area contributed by atoms with Gasteiger partial charge in [-0.05, 0) is 51.9 Å². The van der Waals surface area contributed by atoms with Crippen LogP contribution in [0.15, 0.2) is 12.4 Å². The monoisotopic (exact) mass is 368 g/mol. The molecule has 2 atom stereocenters. The smallest absolute Gasteiger partial charge is 0.408 e. The number of ether oxygens (including phenoxy) is 1. The van der Waals surface area contributed by atoms with Gasteiger partial charge in [-0.1, -0.05) is 0 Å². The van der Waals surface area contributed by atoms with E-state index in [0.717, 1.165) is 25.5 Å². The number of carbonyl (C=O) groups is 1. The molecule has 2 fully saturated rings. The lowest BCUT2D eigenvalue weighted by Crippen LogP contribution is -2.47. The molecule has 0 aromatic carbocycles. The van der Waals surface area contributed by atoms with Gasteiger partial charge in [0.1, 0.15) is 17.7 Å². The molecule has 138 valence electrons. The van der Waals surface area contributed by atoms with Crippen molar-refractivity contribution in [3.8, 4) is 0 Å². The van der Waals surface area contributed by atoms with Crippen LogP contribution in [-0.4, -0.2) is 36.3 Å². The zero-order valence-corrected chi connectivity index (χ0v) is 15.7. The van der Waals surface area contributed by atoms with E-state index in [2.05, 4.69) is 20.0 Å². The number of fused-ring (bicyclic) bond motifs is 1. The van der Waals surface area contributed by atoms with Crippen LogP contribution in [0.25, 0.3) is 0 Å². The summed E-state index contributed by atoms with van der Waals surface area (Å²) in [5.74, 6) is 1.32. The maximum Gasteiger partial charge on any atom is 0.408 e. The highest BCUT2D eigenvalue weighted by Crippen LogP contribution is 2.59. The van der Waals surface area contributed by atoms with Crippen LogP contribution in [0, 0.1) is 11.8 Å². The summed E-state index contributed by atoms with van der Waals surface area (Å²) in [7, 11) is -3.44. The summed E-state index contributed by atoms with van der Waals surface area (Å²) in [6.45, 7) is 5.43. The van der Waals surface area contributed by atoms with Crippen molar-refractivity contribution in [1.29, 1.82) is 0 Å². The minimum absolute atomic E-state index is 0.193. The van der Waals surface area contributed by atoms with Crippen molar-refractivity contribution in [3.63, 3.8) is 0 Å². The van der Waals surface area contributed by atoms with Gasteiger partial charge in [0.25, 0.3) is 0 Å². The predicted octanol–water partition coefficient (Wildman–Crippen LogP) is 2.00. The van der Waals surface area contributed by atoms with Crippen LogP contribution in [0.1, 0.15) is 45.7 Å². The summed E-state index contributed by atoms with van der Waals surface area (Å²) in [6.07, 6.45) is 4.58. The van der Waals surface area contributed by atoms with Crippen LogP contribution in [0.3, 0.4) is 0 Å². The van der Waals surface area contributed by atoms with Crippen LogP contribution in [0.5, 0.6) is 0 Å². The third kappa shape index (κ3) is 4.39. The first-order chi connectivity index (χ1) is 11.5. The molecule has 25 heavy (non-hydrogen) atoms. The number of carbonyl (C=O) groups excluding carboxylic acids is 1. The fourth-order valence-corrected chi connectivity index (χ4v) is 4.02. The van der Waals surface area contributed by atoms with E-state index < -0.39 is 27.3 Å². The van der Waals surface area contributed by atoms with Gasteiger partial charge >= 0.3 is 6.09 Å². The van der Waals surface area contributed by atoms with Crippen LogP contribution < -0.4 is 10.0 Å². The number of amides is 1. The summed E-state index contributed by atoms with van der Waals surface area (Å²) in [5, 5.41) is 2.99. The Morgan fingerprint density at radius 2 is 1.92 bits per heavy atom. The van der Waals surface area contributed by atoms with Gasteiger partial charge in [-0.15, -0.1) is 0 Å². The SMILES string of the molecule is CC(C)(C)OC(=O)NC1(c2cc(NS(C)(=O)=O)ncn2)CC2CC2C1. The molecule has 9 heteroatoms. The number of alkyl carbamates (subject to hydrolysis) is 1. The van der Waals surface area contributed by atoms with Crippen molar-refractivity contribution < 1.29 is 17.9 Å². The molecule has 1 aromatic heterocycles. The molecule has 0 aliphatic heterocycles. The van der Waals surface area contributed by atoms with Crippen molar-refractivity contribution in [2.45, 2.75) is 51.2 Å². The number of hydrogen-bond acceptors (Lipinski definition) is 6. The number of nitrogens with zero attached hydrogens (tertiary/aromatic N) is 2. The second kappa shape index (κ2) is 5.82. The van der Waals surface area contributed by atoms with E-state index in [-0.39, 0.29) is 5.82 Å². The van der Waals surface area contributed by atoms with Gasteiger partial charge in [0.15, 0.2) is 0 Å². The minimum atomic E-state index is -3.44. The van der Waals surface area contributed by atoms with Gasteiger partial charge in [0, 0.05) is 6.07 Å². The lowest BCUT2D eigenvalue weighted by molar-refractivity contribution is 0.0442. The molecule has 8 nitrogen and oxygen atoms in total. The molecule has 2 N–H and O–H groups in total. The van der Waals surface area contributed by atoms with Gasteiger partial charge in [-0.2, -0.15) is 0 Å². The fourth-order valence-electron chi connectivity index (χ4n) is 3.53. The zero-order valence-electron chi connectivity index (χ0n) is 14.9. The van der Waals surface area contributed by atoms with E-state index in [1.54, 1.807) is 6.07 Å². The maximum atomic E-state index is 12.3. The first-order valence-electron chi connectivity index (χ1n) is 8.27. The molecule has 0 spiro atoms. The van der Waals surface area contributed by atoms with E-state index in [1.807, 2.05) is 20.8 Å². The Balaban J connectivity index is 1.86. The third-order valence-corrected chi connectivity index (χ3v) is 5.06. The Labute approximate surface area is 147 Å². The highest BCUT2D eigenvalue weighted by molar-refractivity contribution is 7.92. The number of nitrogens with one attached hydrogen (secondary N) is 2. The predicted molar refractivity (Wildman–Crippen MR) is 92.4 cm³/mol. The van der Waals surface area contributed by atoms with Crippen molar-refractivity contribution >= 4 is 21.9 Å². The summed E-state index contributed by atoms with van der Waals surface area (Å²) in [4.78, 5) is 20.6. The van der Waals surface area contributed by atoms with Crippen molar-refractivity contribution in [1.82, 2.24) is 15.3 Å². The van der Waals surface area contributed by atoms with E-state index in [1.165, 1.54) is 6.33 Å². The lowest BCUT2D eigenvalue weighted by Gasteiger charge is -2.32. The zero-order chi connectivity index (χ0) is 18.5. The van der Waals surface area contributed by atoms with E-state index in [9.17, 15) is 13.2 Å². The largest absolute Gasteiger partial charge is 0.444 e. The number of sulfonamides is 1. The van der Waals surface area contributed by atoms with Crippen LogP contribution in [-0.2, 0) is 20.3 Å². The first-order valence-corrected chi connectivity index (χ1v) is 10.2. The van der Waals surface area contributed by atoms with Crippen LogP contribution in [0.2, 0.25) is 0 Å². The van der Waals surface area contributed by atoms with Gasteiger partial charge < -0.3 is 10.1 Å². The van der Waals surface area contributed by atoms with Crippen molar-refractivity contribution in [2.75, 3.05) is 11.0 Å². The molecule has 3 rings (SSSR count). The van der Waals surface area contributed by atoms with Crippen molar-refractivity contribution in [3.05, 3.63) is 18.1 Å². The van der Waals surface area contributed by atoms with E-state index in [4.69, 9.17) is 4.74 Å². The highest BCUT2D eigenvalue weighted by Gasteiger charge is 2.56. The van der Waals surface area contributed by atoms with E-state index in [0.29, 0.717) is 17.5 Å². The average molecular weight is 368 g/mol. The second-order valence-corrected chi connectivity index (χ2v) is 9.78. The Hall–Kier alpha value is -1.90. The fraction of sp³-hybridized carbons (Fsp3) is 0.688. The summed E-state index contributed by atoms with van der Waals surface area (Å²) in [5.41, 5.74) is -0.638. The standard InChI is InChI=1S/C16H24N4O4S/c1-15(2,3)24-14(21)19-16(7-10-5-11(10)8-16)12-6-13(18-9-17-12)20-25(4,22)23/h6,9-11H,5,7-8H2,1-4H3,(H,19,21)(H,17,18,20). The van der Waals surface area contributed by atoms with Crippen LogP contribution >= 0.6 is 0 Å². The molecular formula is C16H24N4O4S. The highest BCUT2D eigenvalue weighted by atomic mass is 32.2. The third-order valence-electron chi connectivity index (χ3n) is 4.48. The van der Waals surface area contributed by atoms with Gasteiger partial charge in [0.05, 0.1) is 17.5 Å². The molecule has 0 saturated heterocycles. The van der Waals surface area contributed by atoms with Gasteiger partial charge in [0.2, 0.25) is 10.0 Å². The van der Waals surface area contributed by atoms with Crippen LogP contribution in [0.4, 0.5) is 10.6 Å². The number of rotatable bonds is 4. The Morgan fingerprint density at radius 3 is 2.48 bits per heavy atom. The summed E-state index contributed by atoms with van der Waals surface area (Å²) < 4.78 is 30.6. The maximum absolute atomic E-state index is 12.3. The number of hydrogen-bond donors (Lipinski definition) is 2. The number of aromatic nitrogens is 2. The molecule has 2 aliphatic rings. The molecular weight excluding hydrogens is 344 g/mol. The van der Waals surface area contributed by atoms with Gasteiger partial charge in [-0.3, -0.25) is 4.72 Å². The first kappa shape index (κ1) is 17.9. The quantitative estimate of drug-likeness (QED) is 0.841. The Bertz CT molecular complexity index is 778. The summed E-state index contributed by atoms with van der Waals surface area (Å²) >= 11 is 0. The number of anilines is 1. The molecule has 0 bridgehead atoms. The second-order valence-electron chi connectivity index (χ2n) is 8.04. The summed E-state index contributed by atoms with van der Waals surface area (Å²) in [6, 6.07) is 1.59. The Morgan fingerprint density at radius 1 is 1.28 bits per heavy atom. The minimum Gasteiger partial charge on any atom is -0.444 e. The molecule has 2 aliphatic carbocycles. The topological polar surface area (TPSA) is 110 Å². The van der Waals surface area contributed by atoms with E-state index >= 15 is 0 Å². The molecule has 1 heterocycles. The molecule has 1 aromatic rings. The Kier molecular flexibility index (Phi) is 4.17. The molecule has 1 amide bonds. The average Bonchev–Trinajstić information content (AvgIpc) is 3.02. The lowest BCUT2D eigenvalue weighted by atomic mass is 9.89. The molecule has 2 unspecified atom stereocenters. The van der Waals surface area contributed by atoms with Gasteiger partial charge in [-0.25, -0.2) is 23.2 Å².